The number of benzene rings is 2. The second-order valence-corrected chi connectivity index (χ2v) is 7.87. The maximum atomic E-state index is 11.3. The summed E-state index contributed by atoms with van der Waals surface area (Å²) in [6, 6.07) is 12.3. The Hall–Kier alpha value is -2.29. The minimum atomic E-state index is -1.24. The third kappa shape index (κ3) is 6.92. The number of unbranched alkanes of at least 4 members (excludes halogenated alkanes) is 6. The van der Waals surface area contributed by atoms with Gasteiger partial charge in [-0.05, 0) is 66.5 Å². The van der Waals surface area contributed by atoms with Crippen molar-refractivity contribution in [2.45, 2.75) is 85.0 Å². The fraction of sp³-hybridized carbons (Fsp3) is 0.500. The monoisotopic (exact) mass is 396 g/mol. The molecule has 0 radical (unpaired) electrons. The van der Waals surface area contributed by atoms with Crippen LogP contribution in [0, 0.1) is 6.92 Å². The number of aryl methyl sites for hydroxylation is 1. The molecular formula is C26H36O3. The summed E-state index contributed by atoms with van der Waals surface area (Å²) in [6.45, 7) is 6.56. The van der Waals surface area contributed by atoms with Crippen LogP contribution in [0.15, 0.2) is 36.4 Å². The van der Waals surface area contributed by atoms with Gasteiger partial charge < -0.3 is 9.84 Å². The van der Waals surface area contributed by atoms with Gasteiger partial charge >= 0.3 is 6.16 Å². The second-order valence-electron chi connectivity index (χ2n) is 7.87. The van der Waals surface area contributed by atoms with Gasteiger partial charge in [-0.25, -0.2) is 4.79 Å². The molecule has 29 heavy (non-hydrogen) atoms. The van der Waals surface area contributed by atoms with E-state index in [2.05, 4.69) is 45.0 Å². The van der Waals surface area contributed by atoms with Crippen molar-refractivity contribution in [1.29, 1.82) is 0 Å². The molecule has 0 saturated carbocycles. The van der Waals surface area contributed by atoms with Gasteiger partial charge in [0.15, 0.2) is 0 Å². The number of ether oxygens (including phenoxy) is 1. The molecular weight excluding hydrogens is 360 g/mol. The van der Waals surface area contributed by atoms with E-state index < -0.39 is 6.16 Å². The predicted molar refractivity (Wildman–Crippen MR) is 121 cm³/mol. The second kappa shape index (κ2) is 12.3. The minimum Gasteiger partial charge on any atom is -0.449 e. The summed E-state index contributed by atoms with van der Waals surface area (Å²) in [6.07, 6.45) is 9.96. The molecule has 2 aromatic rings. The maximum absolute atomic E-state index is 11.3. The average molecular weight is 397 g/mol. The van der Waals surface area contributed by atoms with Gasteiger partial charge in [0.25, 0.3) is 0 Å². The van der Waals surface area contributed by atoms with Crippen LogP contribution in [-0.4, -0.2) is 11.3 Å². The van der Waals surface area contributed by atoms with Crippen molar-refractivity contribution in [2.75, 3.05) is 0 Å². The van der Waals surface area contributed by atoms with Gasteiger partial charge in [-0.2, -0.15) is 0 Å². The molecule has 0 unspecified atom stereocenters. The molecule has 1 N–H and O–H groups in total. The fourth-order valence-corrected chi connectivity index (χ4v) is 4.01. The lowest BCUT2D eigenvalue weighted by Crippen LogP contribution is -2.09. The third-order valence-corrected chi connectivity index (χ3v) is 5.58. The highest BCUT2D eigenvalue weighted by atomic mass is 16.7. The molecule has 0 atom stereocenters. The van der Waals surface area contributed by atoms with Crippen molar-refractivity contribution in [3.8, 4) is 16.9 Å². The molecule has 0 aliphatic rings. The Labute approximate surface area is 176 Å². The molecule has 0 bridgehead atoms. The van der Waals surface area contributed by atoms with Crippen molar-refractivity contribution in [3.63, 3.8) is 0 Å². The molecule has 0 heterocycles. The first-order valence-corrected chi connectivity index (χ1v) is 11.2. The number of rotatable bonds is 12. The molecule has 158 valence electrons. The van der Waals surface area contributed by atoms with E-state index in [4.69, 9.17) is 4.74 Å². The van der Waals surface area contributed by atoms with Crippen LogP contribution in [0.4, 0.5) is 4.79 Å². The Balaban J connectivity index is 2.47. The van der Waals surface area contributed by atoms with Crippen LogP contribution in [-0.2, 0) is 12.8 Å². The van der Waals surface area contributed by atoms with E-state index in [-0.39, 0.29) is 0 Å². The summed E-state index contributed by atoms with van der Waals surface area (Å²) in [5, 5.41) is 9.25. The van der Waals surface area contributed by atoms with E-state index in [1.807, 2.05) is 12.1 Å². The van der Waals surface area contributed by atoms with Crippen LogP contribution >= 0.6 is 0 Å². The molecule has 0 aliphatic heterocycles. The highest BCUT2D eigenvalue weighted by Gasteiger charge is 2.18. The van der Waals surface area contributed by atoms with Gasteiger partial charge in [-0.3, -0.25) is 0 Å². The highest BCUT2D eigenvalue weighted by molar-refractivity contribution is 5.74. The molecule has 2 rings (SSSR count). The predicted octanol–water partition coefficient (Wildman–Crippen LogP) is 7.96. The molecule has 0 fully saturated rings. The molecule has 0 spiro atoms. The van der Waals surface area contributed by atoms with Crippen molar-refractivity contribution in [3.05, 3.63) is 53.1 Å². The molecule has 0 saturated heterocycles. The third-order valence-electron chi connectivity index (χ3n) is 5.58. The van der Waals surface area contributed by atoms with Gasteiger partial charge in [-0.1, -0.05) is 82.7 Å². The quantitative estimate of drug-likeness (QED) is 0.225. The van der Waals surface area contributed by atoms with Gasteiger partial charge in [-0.15, -0.1) is 0 Å². The van der Waals surface area contributed by atoms with Crippen LogP contribution in [0.2, 0.25) is 0 Å². The largest absolute Gasteiger partial charge is 0.511 e. The van der Waals surface area contributed by atoms with Gasteiger partial charge in [0.2, 0.25) is 0 Å². The molecule has 0 amide bonds. The van der Waals surface area contributed by atoms with Crippen molar-refractivity contribution < 1.29 is 14.6 Å². The van der Waals surface area contributed by atoms with Crippen LogP contribution in [0.25, 0.3) is 11.1 Å². The normalized spacial score (nSPS) is 10.9. The SMILES string of the molecule is CCCCCCc1c(OC(=O)O)ccc(-c2ccccc2C)c1CCCCCC. The van der Waals surface area contributed by atoms with Gasteiger partial charge in [0.1, 0.15) is 5.75 Å². The zero-order valence-corrected chi connectivity index (χ0v) is 18.3. The van der Waals surface area contributed by atoms with E-state index in [0.29, 0.717) is 5.75 Å². The molecule has 0 aliphatic carbocycles. The molecule has 0 aromatic heterocycles. The zero-order chi connectivity index (χ0) is 21.1. The Morgan fingerprint density at radius 3 is 2.00 bits per heavy atom. The fourth-order valence-electron chi connectivity index (χ4n) is 4.01. The lowest BCUT2D eigenvalue weighted by atomic mass is 9.87. The number of carbonyl (C=O) groups is 1. The Morgan fingerprint density at radius 2 is 1.41 bits per heavy atom. The number of hydrogen-bond acceptors (Lipinski definition) is 2. The van der Waals surface area contributed by atoms with E-state index in [1.54, 1.807) is 0 Å². The van der Waals surface area contributed by atoms with Crippen LogP contribution in [0.1, 0.15) is 81.9 Å². The molecule has 3 nitrogen and oxygen atoms in total. The summed E-state index contributed by atoms with van der Waals surface area (Å²) in [7, 11) is 0. The Kier molecular flexibility index (Phi) is 9.76. The summed E-state index contributed by atoms with van der Waals surface area (Å²) in [5.41, 5.74) is 6.05. The molecule has 2 aromatic carbocycles. The smallest absolute Gasteiger partial charge is 0.449 e. The molecule has 3 heteroatoms. The lowest BCUT2D eigenvalue weighted by molar-refractivity contribution is 0.144. The van der Waals surface area contributed by atoms with Gasteiger partial charge in [0.05, 0.1) is 0 Å². The van der Waals surface area contributed by atoms with Crippen molar-refractivity contribution in [2.24, 2.45) is 0 Å². The highest BCUT2D eigenvalue weighted by Crippen LogP contribution is 2.36. The zero-order valence-electron chi connectivity index (χ0n) is 18.3. The number of carboxylic acid groups (broad SMARTS) is 1. The lowest BCUT2D eigenvalue weighted by Gasteiger charge is -2.19. The van der Waals surface area contributed by atoms with E-state index in [1.165, 1.54) is 54.4 Å². The van der Waals surface area contributed by atoms with Crippen LogP contribution < -0.4 is 4.74 Å². The van der Waals surface area contributed by atoms with Crippen molar-refractivity contribution in [1.82, 2.24) is 0 Å². The number of hydrogen-bond donors (Lipinski definition) is 1. The standard InChI is InChI=1S/C26H36O3/c1-4-6-8-10-16-22-23(21-15-13-12-14-20(21)3)18-19-25(29-26(27)28)24(22)17-11-9-7-5-2/h12-15,18-19H,4-11,16-17H2,1-3H3,(H,27,28). The maximum Gasteiger partial charge on any atom is 0.511 e. The van der Waals surface area contributed by atoms with Crippen LogP contribution in [0.3, 0.4) is 0 Å². The van der Waals surface area contributed by atoms with Crippen LogP contribution in [0.5, 0.6) is 5.75 Å². The van der Waals surface area contributed by atoms with Gasteiger partial charge in [0, 0.05) is 0 Å². The topological polar surface area (TPSA) is 46.5 Å². The summed E-state index contributed by atoms with van der Waals surface area (Å²) in [5.74, 6) is 0.511. The van der Waals surface area contributed by atoms with E-state index >= 15 is 0 Å². The summed E-state index contributed by atoms with van der Waals surface area (Å²) >= 11 is 0. The summed E-state index contributed by atoms with van der Waals surface area (Å²) in [4.78, 5) is 11.3. The first kappa shape index (κ1) is 23.0. The Bertz CT molecular complexity index is 780. The first-order chi connectivity index (χ1) is 14.1. The van der Waals surface area contributed by atoms with E-state index in [9.17, 15) is 9.90 Å². The summed E-state index contributed by atoms with van der Waals surface area (Å²) < 4.78 is 5.21. The van der Waals surface area contributed by atoms with E-state index in [0.717, 1.165) is 37.7 Å². The average Bonchev–Trinajstić information content (AvgIpc) is 2.70. The minimum absolute atomic E-state index is 0.511. The van der Waals surface area contributed by atoms with Crippen molar-refractivity contribution >= 4 is 6.16 Å². The Morgan fingerprint density at radius 1 is 0.793 bits per heavy atom. The first-order valence-electron chi connectivity index (χ1n) is 11.2.